The molecule has 2 nitrogen and oxygen atoms in total. The van der Waals surface area contributed by atoms with Crippen LogP contribution >= 0.6 is 0 Å². The standard InChI is InChI=1S/C6H3F3NO/c7-6(8,9)4-1-2-5(11)10-3-4/h1-3H. The summed E-state index contributed by atoms with van der Waals surface area (Å²) >= 11 is 0. The highest BCUT2D eigenvalue weighted by Gasteiger charge is 2.33. The summed E-state index contributed by atoms with van der Waals surface area (Å²) in [5.74, 6) is -0.669. The van der Waals surface area contributed by atoms with E-state index in [1.54, 1.807) is 0 Å². The molecule has 59 valence electrons. The molecule has 0 spiro atoms. The van der Waals surface area contributed by atoms with Gasteiger partial charge in [0.05, 0.1) is 5.57 Å². The molecule has 1 rings (SSSR count). The van der Waals surface area contributed by atoms with E-state index in [0.29, 0.717) is 12.3 Å². The van der Waals surface area contributed by atoms with Gasteiger partial charge in [-0.15, -0.1) is 0 Å². The van der Waals surface area contributed by atoms with E-state index in [4.69, 9.17) is 0 Å². The predicted octanol–water partition coefficient (Wildman–Crippen LogP) is 1.13. The topological polar surface area (TPSA) is 31.2 Å². The van der Waals surface area contributed by atoms with Crippen LogP contribution in [0.25, 0.3) is 0 Å². The van der Waals surface area contributed by atoms with Crippen LogP contribution in [0, 0.1) is 0 Å². The molecule has 0 atom stereocenters. The van der Waals surface area contributed by atoms with Crippen molar-refractivity contribution in [2.45, 2.75) is 6.18 Å². The van der Waals surface area contributed by atoms with E-state index in [1.807, 2.05) is 0 Å². The number of hydrogen-bond donors (Lipinski definition) is 0. The van der Waals surface area contributed by atoms with Gasteiger partial charge >= 0.3 is 6.18 Å². The van der Waals surface area contributed by atoms with Gasteiger partial charge in [0, 0.05) is 12.3 Å². The summed E-state index contributed by atoms with van der Waals surface area (Å²) in [4.78, 5) is 10.3. The van der Waals surface area contributed by atoms with Crippen LogP contribution in [0.2, 0.25) is 0 Å². The quantitative estimate of drug-likeness (QED) is 0.525. The minimum absolute atomic E-state index is 0.516. The summed E-state index contributed by atoms with van der Waals surface area (Å²) in [6, 6.07) is 0. The van der Waals surface area contributed by atoms with Crippen molar-refractivity contribution in [3.63, 3.8) is 0 Å². The van der Waals surface area contributed by atoms with Gasteiger partial charge in [0.15, 0.2) is 0 Å². The van der Waals surface area contributed by atoms with Crippen molar-refractivity contribution in [2.24, 2.45) is 0 Å². The Morgan fingerprint density at radius 3 is 2.27 bits per heavy atom. The second kappa shape index (κ2) is 2.41. The van der Waals surface area contributed by atoms with Crippen molar-refractivity contribution >= 4 is 5.91 Å². The minimum atomic E-state index is -4.42. The van der Waals surface area contributed by atoms with Crippen LogP contribution in [0.5, 0.6) is 0 Å². The molecule has 0 saturated carbocycles. The first-order valence-corrected chi connectivity index (χ1v) is 2.70. The average molecular weight is 162 g/mol. The molecule has 0 bridgehead atoms. The van der Waals surface area contributed by atoms with Crippen molar-refractivity contribution in [1.82, 2.24) is 5.32 Å². The molecule has 1 heterocycles. The zero-order valence-corrected chi connectivity index (χ0v) is 5.22. The number of allylic oxidation sites excluding steroid dienone is 2. The van der Waals surface area contributed by atoms with Crippen LogP contribution in [-0.2, 0) is 4.79 Å². The fraction of sp³-hybridized carbons (Fsp3) is 0.167. The maximum Gasteiger partial charge on any atom is 0.417 e. The van der Waals surface area contributed by atoms with E-state index < -0.39 is 17.7 Å². The normalized spacial score (nSPS) is 17.7. The predicted molar refractivity (Wildman–Crippen MR) is 30.4 cm³/mol. The Bertz CT molecular complexity index is 239. The first kappa shape index (κ1) is 7.84. The van der Waals surface area contributed by atoms with Gasteiger partial charge in [-0.2, -0.15) is 13.2 Å². The maximum absolute atomic E-state index is 11.8. The fourth-order valence-electron chi connectivity index (χ4n) is 0.548. The third kappa shape index (κ3) is 1.83. The van der Waals surface area contributed by atoms with Gasteiger partial charge in [0.1, 0.15) is 0 Å². The summed E-state index contributed by atoms with van der Waals surface area (Å²) in [7, 11) is 0. The highest BCUT2D eigenvalue weighted by Crippen LogP contribution is 2.26. The number of halogens is 3. The lowest BCUT2D eigenvalue weighted by molar-refractivity contribution is -0.116. The van der Waals surface area contributed by atoms with Crippen LogP contribution in [0.4, 0.5) is 13.2 Å². The number of nitrogens with zero attached hydrogens (tertiary/aromatic N) is 1. The smallest absolute Gasteiger partial charge is 0.267 e. The Kier molecular flexibility index (Phi) is 1.72. The van der Waals surface area contributed by atoms with Crippen LogP contribution in [0.1, 0.15) is 0 Å². The van der Waals surface area contributed by atoms with Crippen molar-refractivity contribution < 1.29 is 18.0 Å². The number of hydrogen-bond acceptors (Lipinski definition) is 1. The molecule has 0 aromatic carbocycles. The number of rotatable bonds is 0. The molecule has 1 aliphatic heterocycles. The lowest BCUT2D eigenvalue weighted by Gasteiger charge is -2.08. The molecule has 0 aliphatic carbocycles. The van der Waals surface area contributed by atoms with Crippen LogP contribution in [-0.4, -0.2) is 12.1 Å². The monoisotopic (exact) mass is 162 g/mol. The lowest BCUT2D eigenvalue weighted by atomic mass is 10.2. The van der Waals surface area contributed by atoms with E-state index in [1.165, 1.54) is 0 Å². The largest absolute Gasteiger partial charge is 0.417 e. The molecule has 0 fully saturated rings. The van der Waals surface area contributed by atoms with E-state index in [0.717, 1.165) is 6.08 Å². The molecule has 1 amide bonds. The molecule has 0 saturated heterocycles. The zero-order valence-electron chi connectivity index (χ0n) is 5.22. The Labute approximate surface area is 60.4 Å². The van der Waals surface area contributed by atoms with Gasteiger partial charge in [-0.05, 0) is 6.08 Å². The summed E-state index contributed by atoms with van der Waals surface area (Å²) < 4.78 is 35.3. The van der Waals surface area contributed by atoms with E-state index in [2.05, 4.69) is 5.32 Å². The summed E-state index contributed by atoms with van der Waals surface area (Å²) in [5.41, 5.74) is -0.905. The van der Waals surface area contributed by atoms with Crippen molar-refractivity contribution in [3.8, 4) is 0 Å². The number of amides is 1. The van der Waals surface area contributed by atoms with Gasteiger partial charge < -0.3 is 0 Å². The van der Waals surface area contributed by atoms with Crippen LogP contribution in [0.15, 0.2) is 23.9 Å². The zero-order chi connectivity index (χ0) is 8.48. The first-order valence-electron chi connectivity index (χ1n) is 2.70. The maximum atomic E-state index is 11.8. The third-order valence-electron chi connectivity index (χ3n) is 1.06. The van der Waals surface area contributed by atoms with Gasteiger partial charge in [0.25, 0.3) is 5.91 Å². The Hall–Kier alpha value is -1.26. The van der Waals surface area contributed by atoms with Crippen LogP contribution < -0.4 is 5.32 Å². The van der Waals surface area contributed by atoms with Gasteiger partial charge in [0.2, 0.25) is 0 Å². The molecular weight excluding hydrogens is 159 g/mol. The Morgan fingerprint density at radius 2 is 1.91 bits per heavy atom. The molecule has 1 aliphatic rings. The van der Waals surface area contributed by atoms with E-state index in [-0.39, 0.29) is 0 Å². The van der Waals surface area contributed by atoms with Gasteiger partial charge in [-0.1, -0.05) is 0 Å². The lowest BCUT2D eigenvalue weighted by Crippen LogP contribution is -2.18. The highest BCUT2D eigenvalue weighted by molar-refractivity contribution is 5.89. The van der Waals surface area contributed by atoms with E-state index >= 15 is 0 Å². The molecule has 0 N–H and O–H groups in total. The van der Waals surface area contributed by atoms with Crippen molar-refractivity contribution in [3.05, 3.63) is 23.9 Å². The average Bonchev–Trinajstić information content (AvgIpc) is 1.86. The Balaban J connectivity index is 2.79. The van der Waals surface area contributed by atoms with E-state index in [9.17, 15) is 18.0 Å². The first-order chi connectivity index (χ1) is 5.00. The summed E-state index contributed by atoms with van der Waals surface area (Å²) in [6.07, 6.45) is -2.42. The fourth-order valence-corrected chi connectivity index (χ4v) is 0.548. The second-order valence-electron chi connectivity index (χ2n) is 1.88. The number of alkyl halides is 3. The highest BCUT2D eigenvalue weighted by atomic mass is 19.4. The summed E-state index contributed by atoms with van der Waals surface area (Å²) in [5, 5.41) is 2.97. The SMILES string of the molecule is O=C1C=CC(C(F)(F)F)=C[N]1. The molecule has 11 heavy (non-hydrogen) atoms. The molecule has 0 aromatic rings. The number of carbonyl (C=O) groups excluding carboxylic acids is 1. The second-order valence-corrected chi connectivity index (χ2v) is 1.88. The van der Waals surface area contributed by atoms with Crippen LogP contribution in [0.3, 0.4) is 0 Å². The molecule has 0 aromatic heterocycles. The molecule has 1 radical (unpaired) electrons. The third-order valence-corrected chi connectivity index (χ3v) is 1.06. The minimum Gasteiger partial charge on any atom is -0.267 e. The molecule has 5 heteroatoms. The molecular formula is C6H3F3NO. The van der Waals surface area contributed by atoms with Crippen molar-refractivity contribution in [2.75, 3.05) is 0 Å². The summed E-state index contributed by atoms with van der Waals surface area (Å²) in [6.45, 7) is 0. The Morgan fingerprint density at radius 1 is 1.27 bits per heavy atom. The molecule has 0 unspecified atom stereocenters. The number of carbonyl (C=O) groups is 1. The van der Waals surface area contributed by atoms with Gasteiger partial charge in [-0.25, -0.2) is 5.32 Å². The van der Waals surface area contributed by atoms with Gasteiger partial charge in [-0.3, -0.25) is 4.79 Å². The van der Waals surface area contributed by atoms with Crippen molar-refractivity contribution in [1.29, 1.82) is 0 Å².